The minimum atomic E-state index is 0. The van der Waals surface area contributed by atoms with Crippen molar-refractivity contribution >= 4 is 29.9 Å². The van der Waals surface area contributed by atoms with Crippen molar-refractivity contribution in [1.82, 2.24) is 15.1 Å². The molecule has 2 fully saturated rings. The number of nitrogens with zero attached hydrogens (tertiary/aromatic N) is 3. The zero-order chi connectivity index (χ0) is 16.8. The van der Waals surface area contributed by atoms with Crippen molar-refractivity contribution in [2.24, 2.45) is 4.99 Å². The molecule has 5 nitrogen and oxygen atoms in total. The number of benzene rings is 1. The molecule has 0 aromatic heterocycles. The van der Waals surface area contributed by atoms with Gasteiger partial charge in [-0.15, -0.1) is 24.0 Å². The maximum atomic E-state index is 5.47. The van der Waals surface area contributed by atoms with Crippen LogP contribution in [0.3, 0.4) is 0 Å². The van der Waals surface area contributed by atoms with Crippen molar-refractivity contribution < 1.29 is 4.74 Å². The van der Waals surface area contributed by atoms with Crippen LogP contribution in [0.1, 0.15) is 17.5 Å². The van der Waals surface area contributed by atoms with E-state index in [0.29, 0.717) is 6.04 Å². The lowest BCUT2D eigenvalue weighted by Gasteiger charge is -2.32. The number of likely N-dealkylation sites (tertiary alicyclic amines) is 1. The molecule has 0 saturated carbocycles. The Morgan fingerprint density at radius 2 is 2.08 bits per heavy atom. The van der Waals surface area contributed by atoms with Crippen LogP contribution in [-0.4, -0.2) is 74.8 Å². The van der Waals surface area contributed by atoms with E-state index in [-0.39, 0.29) is 24.0 Å². The molecule has 2 heterocycles. The Morgan fingerprint density at radius 3 is 2.80 bits per heavy atom. The van der Waals surface area contributed by atoms with Gasteiger partial charge in [0.25, 0.3) is 0 Å². The van der Waals surface area contributed by atoms with Gasteiger partial charge in [-0.3, -0.25) is 9.89 Å². The second-order valence-electron chi connectivity index (χ2n) is 6.75. The third kappa shape index (κ3) is 5.82. The molecule has 2 saturated heterocycles. The second-order valence-corrected chi connectivity index (χ2v) is 6.75. The van der Waals surface area contributed by atoms with Crippen molar-refractivity contribution in [3.8, 4) is 0 Å². The average Bonchev–Trinajstić information content (AvgIpc) is 3.09. The third-order valence-electron chi connectivity index (χ3n) is 5.02. The van der Waals surface area contributed by atoms with Crippen LogP contribution in [0.5, 0.6) is 0 Å². The highest BCUT2D eigenvalue weighted by Gasteiger charge is 2.30. The molecule has 0 amide bonds. The largest absolute Gasteiger partial charge is 0.379 e. The molecule has 3 rings (SSSR count). The topological polar surface area (TPSA) is 40.1 Å². The number of guanidine groups is 1. The van der Waals surface area contributed by atoms with E-state index >= 15 is 0 Å². The molecule has 1 N–H and O–H groups in total. The van der Waals surface area contributed by atoms with E-state index in [1.165, 1.54) is 17.5 Å². The van der Waals surface area contributed by atoms with Gasteiger partial charge < -0.3 is 15.0 Å². The highest BCUT2D eigenvalue weighted by atomic mass is 127. The van der Waals surface area contributed by atoms with Crippen LogP contribution < -0.4 is 5.32 Å². The maximum Gasteiger partial charge on any atom is 0.193 e. The van der Waals surface area contributed by atoms with Gasteiger partial charge in [0, 0.05) is 45.8 Å². The van der Waals surface area contributed by atoms with Crippen LogP contribution in [0.2, 0.25) is 0 Å². The molecular weight excluding hydrogens is 427 g/mol. The number of ether oxygens (including phenoxy) is 1. The molecule has 0 aliphatic carbocycles. The monoisotopic (exact) mass is 458 g/mol. The SMILES string of the molecule is CN=C(NCCc1cccc(C)c1)N1CCC(N2CCOCC2)C1.I. The summed E-state index contributed by atoms with van der Waals surface area (Å²) in [6.45, 7) is 9.12. The zero-order valence-corrected chi connectivity index (χ0v) is 17.7. The lowest BCUT2D eigenvalue weighted by Crippen LogP contribution is -2.46. The van der Waals surface area contributed by atoms with E-state index < -0.39 is 0 Å². The molecular formula is C19H31IN4O. The van der Waals surface area contributed by atoms with Gasteiger partial charge in [-0.1, -0.05) is 29.8 Å². The van der Waals surface area contributed by atoms with E-state index in [0.717, 1.165) is 58.3 Å². The summed E-state index contributed by atoms with van der Waals surface area (Å²) in [7, 11) is 1.89. The first-order chi connectivity index (χ1) is 11.8. The molecule has 1 unspecified atom stereocenters. The number of nitrogens with one attached hydrogen (secondary N) is 1. The Kier molecular flexibility index (Phi) is 8.45. The first-order valence-corrected chi connectivity index (χ1v) is 9.09. The predicted molar refractivity (Wildman–Crippen MR) is 114 cm³/mol. The Bertz CT molecular complexity index is 560. The fourth-order valence-electron chi connectivity index (χ4n) is 3.69. The fourth-order valence-corrected chi connectivity index (χ4v) is 3.69. The van der Waals surface area contributed by atoms with Crippen LogP contribution >= 0.6 is 24.0 Å². The highest BCUT2D eigenvalue weighted by Crippen LogP contribution is 2.17. The molecule has 1 atom stereocenters. The third-order valence-corrected chi connectivity index (χ3v) is 5.02. The average molecular weight is 458 g/mol. The Hall–Kier alpha value is -0.860. The van der Waals surface area contributed by atoms with Crippen LogP contribution in [0.25, 0.3) is 0 Å². The first-order valence-electron chi connectivity index (χ1n) is 9.09. The van der Waals surface area contributed by atoms with E-state index in [2.05, 4.69) is 51.3 Å². The van der Waals surface area contributed by atoms with Crippen molar-refractivity contribution in [2.75, 3.05) is 53.0 Å². The van der Waals surface area contributed by atoms with E-state index in [1.54, 1.807) is 0 Å². The fraction of sp³-hybridized carbons (Fsp3) is 0.632. The minimum absolute atomic E-state index is 0. The quantitative estimate of drug-likeness (QED) is 0.427. The van der Waals surface area contributed by atoms with Crippen molar-refractivity contribution in [2.45, 2.75) is 25.8 Å². The number of aryl methyl sites for hydroxylation is 1. The molecule has 1 aromatic rings. The van der Waals surface area contributed by atoms with Gasteiger partial charge in [0.15, 0.2) is 5.96 Å². The molecule has 0 bridgehead atoms. The Morgan fingerprint density at radius 1 is 1.28 bits per heavy atom. The molecule has 2 aliphatic heterocycles. The smallest absolute Gasteiger partial charge is 0.193 e. The van der Waals surface area contributed by atoms with Gasteiger partial charge in [-0.2, -0.15) is 0 Å². The van der Waals surface area contributed by atoms with Gasteiger partial charge in [0.05, 0.1) is 13.2 Å². The van der Waals surface area contributed by atoms with Crippen LogP contribution in [0.4, 0.5) is 0 Å². The summed E-state index contributed by atoms with van der Waals surface area (Å²) >= 11 is 0. The summed E-state index contributed by atoms with van der Waals surface area (Å²) in [6.07, 6.45) is 2.25. The number of morpholine rings is 1. The molecule has 2 aliphatic rings. The van der Waals surface area contributed by atoms with Gasteiger partial charge in [0.1, 0.15) is 0 Å². The summed E-state index contributed by atoms with van der Waals surface area (Å²) in [6, 6.07) is 9.37. The molecule has 1 aromatic carbocycles. The van der Waals surface area contributed by atoms with E-state index in [1.807, 2.05) is 7.05 Å². The predicted octanol–water partition coefficient (Wildman–Crippen LogP) is 2.14. The standard InChI is InChI=1S/C19H30N4O.HI/c1-16-4-3-5-17(14-16)6-8-21-19(20-2)23-9-7-18(15-23)22-10-12-24-13-11-22;/h3-5,14,18H,6-13,15H2,1-2H3,(H,20,21);1H. The minimum Gasteiger partial charge on any atom is -0.379 e. The summed E-state index contributed by atoms with van der Waals surface area (Å²) < 4.78 is 5.47. The number of rotatable bonds is 4. The second kappa shape index (κ2) is 10.3. The normalized spacial score (nSPS) is 21.9. The van der Waals surface area contributed by atoms with Gasteiger partial charge in [-0.05, 0) is 25.3 Å². The summed E-state index contributed by atoms with van der Waals surface area (Å²) in [4.78, 5) is 9.46. The van der Waals surface area contributed by atoms with Crippen LogP contribution in [-0.2, 0) is 11.2 Å². The molecule has 0 radical (unpaired) electrons. The lowest BCUT2D eigenvalue weighted by atomic mass is 10.1. The first kappa shape index (κ1) is 20.5. The Balaban J connectivity index is 0.00000225. The summed E-state index contributed by atoms with van der Waals surface area (Å²) in [5.41, 5.74) is 2.70. The van der Waals surface area contributed by atoms with Crippen molar-refractivity contribution in [3.05, 3.63) is 35.4 Å². The number of aliphatic imine (C=N–C) groups is 1. The van der Waals surface area contributed by atoms with Crippen molar-refractivity contribution in [1.29, 1.82) is 0 Å². The lowest BCUT2D eigenvalue weighted by molar-refractivity contribution is 0.0195. The van der Waals surface area contributed by atoms with Gasteiger partial charge in [0.2, 0.25) is 0 Å². The van der Waals surface area contributed by atoms with Crippen molar-refractivity contribution in [3.63, 3.8) is 0 Å². The number of halogens is 1. The number of hydrogen-bond donors (Lipinski definition) is 1. The van der Waals surface area contributed by atoms with Gasteiger partial charge >= 0.3 is 0 Å². The Labute approximate surface area is 168 Å². The molecule has 6 heteroatoms. The number of hydrogen-bond acceptors (Lipinski definition) is 3. The van der Waals surface area contributed by atoms with E-state index in [4.69, 9.17) is 4.74 Å². The summed E-state index contributed by atoms with van der Waals surface area (Å²) in [5, 5.41) is 3.54. The molecule has 25 heavy (non-hydrogen) atoms. The highest BCUT2D eigenvalue weighted by molar-refractivity contribution is 14.0. The van der Waals surface area contributed by atoms with E-state index in [9.17, 15) is 0 Å². The van der Waals surface area contributed by atoms with Crippen LogP contribution in [0, 0.1) is 6.92 Å². The molecule has 140 valence electrons. The van der Waals surface area contributed by atoms with Gasteiger partial charge in [-0.25, -0.2) is 0 Å². The molecule has 0 spiro atoms. The van der Waals surface area contributed by atoms with Crippen LogP contribution in [0.15, 0.2) is 29.3 Å². The summed E-state index contributed by atoms with van der Waals surface area (Å²) in [5.74, 6) is 1.04. The maximum absolute atomic E-state index is 5.47. The zero-order valence-electron chi connectivity index (χ0n) is 15.4.